The molecule has 0 bridgehead atoms. The molecule has 2 rings (SSSR count). The monoisotopic (exact) mass is 202 g/mol. The van der Waals surface area contributed by atoms with E-state index < -0.39 is 0 Å². The van der Waals surface area contributed by atoms with Crippen LogP contribution in [0, 0.1) is 6.92 Å². The zero-order valence-electron chi connectivity index (χ0n) is 9.55. The Bertz CT molecular complexity index is 375. The number of benzene rings is 1. The number of aryl methyl sites for hydroxylation is 1. The minimum absolute atomic E-state index is 0.344. The van der Waals surface area contributed by atoms with E-state index in [1.54, 1.807) is 0 Å². The second kappa shape index (κ2) is 3.80. The fraction of sp³-hybridized carbons (Fsp3) is 0.500. The summed E-state index contributed by atoms with van der Waals surface area (Å²) in [4.78, 5) is 11.0. The summed E-state index contributed by atoms with van der Waals surface area (Å²) < 4.78 is 0. The molecule has 0 heterocycles. The summed E-state index contributed by atoms with van der Waals surface area (Å²) in [6.45, 7) is 4.32. The Balaban J connectivity index is 2.41. The van der Waals surface area contributed by atoms with Crippen molar-refractivity contribution in [3.8, 4) is 0 Å². The molecule has 1 saturated carbocycles. The molecule has 0 aromatic heterocycles. The molecule has 0 unspecified atom stereocenters. The standard InChI is InChI=1S/C14H18O/c1-3-6-14(7-8-14)13-9-11(2)4-5-12(13)10-15/h4-5,9-10H,3,6-8H2,1-2H3. The van der Waals surface area contributed by atoms with E-state index in [-0.39, 0.29) is 0 Å². The maximum Gasteiger partial charge on any atom is 0.150 e. The molecule has 1 fully saturated rings. The van der Waals surface area contributed by atoms with Crippen LogP contribution in [-0.2, 0) is 5.41 Å². The zero-order chi connectivity index (χ0) is 10.9. The normalized spacial score (nSPS) is 17.5. The van der Waals surface area contributed by atoms with Crippen LogP contribution in [0.25, 0.3) is 0 Å². The van der Waals surface area contributed by atoms with E-state index in [4.69, 9.17) is 0 Å². The molecule has 0 radical (unpaired) electrons. The van der Waals surface area contributed by atoms with Crippen LogP contribution in [0.4, 0.5) is 0 Å². The van der Waals surface area contributed by atoms with E-state index in [1.165, 1.54) is 36.8 Å². The van der Waals surface area contributed by atoms with Crippen molar-refractivity contribution in [2.24, 2.45) is 0 Å². The second-order valence-electron chi connectivity index (χ2n) is 4.74. The van der Waals surface area contributed by atoms with Crippen molar-refractivity contribution >= 4 is 6.29 Å². The van der Waals surface area contributed by atoms with E-state index in [1.807, 2.05) is 12.1 Å². The van der Waals surface area contributed by atoms with Gasteiger partial charge < -0.3 is 0 Å². The van der Waals surface area contributed by atoms with Gasteiger partial charge in [0.2, 0.25) is 0 Å². The van der Waals surface area contributed by atoms with Gasteiger partial charge >= 0.3 is 0 Å². The van der Waals surface area contributed by atoms with Gasteiger partial charge in [-0.15, -0.1) is 0 Å². The van der Waals surface area contributed by atoms with Gasteiger partial charge in [0.15, 0.2) is 0 Å². The maximum atomic E-state index is 11.0. The largest absolute Gasteiger partial charge is 0.298 e. The Labute approximate surface area is 91.5 Å². The number of carbonyl (C=O) groups is 1. The van der Waals surface area contributed by atoms with Crippen LogP contribution in [0.5, 0.6) is 0 Å². The molecule has 0 aliphatic heterocycles. The first kappa shape index (κ1) is 10.4. The summed E-state index contributed by atoms with van der Waals surface area (Å²) in [6.07, 6.45) is 5.93. The van der Waals surface area contributed by atoms with Crippen molar-refractivity contribution in [2.75, 3.05) is 0 Å². The van der Waals surface area contributed by atoms with Crippen molar-refractivity contribution in [1.82, 2.24) is 0 Å². The lowest BCUT2D eigenvalue weighted by Gasteiger charge is -2.17. The molecular weight excluding hydrogens is 184 g/mol. The van der Waals surface area contributed by atoms with Crippen LogP contribution in [0.1, 0.15) is 54.1 Å². The van der Waals surface area contributed by atoms with Gasteiger partial charge in [0.25, 0.3) is 0 Å². The summed E-state index contributed by atoms with van der Waals surface area (Å²) >= 11 is 0. The van der Waals surface area contributed by atoms with Crippen molar-refractivity contribution in [3.05, 3.63) is 34.9 Å². The summed E-state index contributed by atoms with van der Waals surface area (Å²) in [5.41, 5.74) is 3.79. The first-order chi connectivity index (χ1) is 7.22. The number of hydrogen-bond acceptors (Lipinski definition) is 1. The Kier molecular flexibility index (Phi) is 2.64. The number of hydrogen-bond donors (Lipinski definition) is 0. The van der Waals surface area contributed by atoms with Gasteiger partial charge in [-0.2, -0.15) is 0 Å². The third-order valence-electron chi connectivity index (χ3n) is 3.49. The predicted octanol–water partition coefficient (Wildman–Crippen LogP) is 3.64. The average Bonchev–Trinajstić information content (AvgIpc) is 2.99. The van der Waals surface area contributed by atoms with Crippen molar-refractivity contribution in [2.45, 2.75) is 44.9 Å². The summed E-state index contributed by atoms with van der Waals surface area (Å²) in [6, 6.07) is 6.19. The lowest BCUT2D eigenvalue weighted by molar-refractivity contribution is 0.112. The highest BCUT2D eigenvalue weighted by atomic mass is 16.1. The fourth-order valence-corrected chi connectivity index (χ4v) is 2.52. The second-order valence-corrected chi connectivity index (χ2v) is 4.74. The molecular formula is C14H18O. The minimum atomic E-state index is 0.344. The Hall–Kier alpha value is -1.11. The molecule has 15 heavy (non-hydrogen) atoms. The molecule has 1 heteroatoms. The Morgan fingerprint density at radius 2 is 2.13 bits per heavy atom. The summed E-state index contributed by atoms with van der Waals surface area (Å²) in [5, 5.41) is 0. The molecule has 0 saturated heterocycles. The van der Waals surface area contributed by atoms with E-state index in [9.17, 15) is 4.79 Å². The van der Waals surface area contributed by atoms with E-state index in [0.717, 1.165) is 11.8 Å². The molecule has 0 atom stereocenters. The molecule has 80 valence electrons. The predicted molar refractivity (Wildman–Crippen MR) is 62.4 cm³/mol. The lowest BCUT2D eigenvalue weighted by Crippen LogP contribution is -2.09. The third-order valence-corrected chi connectivity index (χ3v) is 3.49. The molecule has 0 amide bonds. The van der Waals surface area contributed by atoms with Gasteiger partial charge in [-0.3, -0.25) is 4.79 Å². The molecule has 1 aliphatic rings. The Morgan fingerprint density at radius 1 is 1.40 bits per heavy atom. The highest BCUT2D eigenvalue weighted by Gasteiger charge is 2.44. The first-order valence-electron chi connectivity index (χ1n) is 5.78. The number of aldehydes is 1. The molecule has 1 aromatic rings. The highest BCUT2D eigenvalue weighted by molar-refractivity contribution is 5.78. The van der Waals surface area contributed by atoms with Crippen LogP contribution in [0.2, 0.25) is 0 Å². The average molecular weight is 202 g/mol. The molecule has 1 aromatic carbocycles. The minimum Gasteiger partial charge on any atom is -0.298 e. The van der Waals surface area contributed by atoms with Crippen LogP contribution in [-0.4, -0.2) is 6.29 Å². The zero-order valence-corrected chi connectivity index (χ0v) is 9.55. The molecule has 1 nitrogen and oxygen atoms in total. The topological polar surface area (TPSA) is 17.1 Å². The van der Waals surface area contributed by atoms with Gasteiger partial charge in [-0.05, 0) is 37.2 Å². The number of rotatable bonds is 4. The van der Waals surface area contributed by atoms with Gasteiger partial charge in [0, 0.05) is 5.56 Å². The summed E-state index contributed by atoms with van der Waals surface area (Å²) in [7, 11) is 0. The van der Waals surface area contributed by atoms with Crippen LogP contribution >= 0.6 is 0 Å². The van der Waals surface area contributed by atoms with E-state index in [0.29, 0.717) is 5.41 Å². The van der Waals surface area contributed by atoms with Crippen LogP contribution in [0.15, 0.2) is 18.2 Å². The van der Waals surface area contributed by atoms with Gasteiger partial charge in [-0.1, -0.05) is 37.1 Å². The smallest absolute Gasteiger partial charge is 0.150 e. The fourth-order valence-electron chi connectivity index (χ4n) is 2.52. The quantitative estimate of drug-likeness (QED) is 0.681. The van der Waals surface area contributed by atoms with Crippen molar-refractivity contribution in [3.63, 3.8) is 0 Å². The van der Waals surface area contributed by atoms with Gasteiger partial charge in [0.05, 0.1) is 0 Å². The van der Waals surface area contributed by atoms with Crippen molar-refractivity contribution < 1.29 is 4.79 Å². The van der Waals surface area contributed by atoms with E-state index in [2.05, 4.69) is 19.9 Å². The summed E-state index contributed by atoms with van der Waals surface area (Å²) in [5.74, 6) is 0. The molecule has 0 N–H and O–H groups in total. The third kappa shape index (κ3) is 1.83. The van der Waals surface area contributed by atoms with Gasteiger partial charge in [-0.25, -0.2) is 0 Å². The molecule has 1 aliphatic carbocycles. The lowest BCUT2D eigenvalue weighted by atomic mass is 9.87. The number of carbonyl (C=O) groups excluding carboxylic acids is 1. The van der Waals surface area contributed by atoms with Gasteiger partial charge in [0.1, 0.15) is 6.29 Å². The maximum absolute atomic E-state index is 11.0. The highest BCUT2D eigenvalue weighted by Crippen LogP contribution is 2.52. The Morgan fingerprint density at radius 3 is 2.67 bits per heavy atom. The van der Waals surface area contributed by atoms with Crippen LogP contribution in [0.3, 0.4) is 0 Å². The van der Waals surface area contributed by atoms with E-state index >= 15 is 0 Å². The van der Waals surface area contributed by atoms with Crippen LogP contribution < -0.4 is 0 Å². The molecule has 0 spiro atoms. The van der Waals surface area contributed by atoms with Crippen molar-refractivity contribution in [1.29, 1.82) is 0 Å². The SMILES string of the molecule is CCCC1(c2cc(C)ccc2C=O)CC1. The first-order valence-corrected chi connectivity index (χ1v) is 5.78.